The number of hydrogen-bond acceptors (Lipinski definition) is 5. The van der Waals surface area contributed by atoms with Gasteiger partial charge < -0.3 is 10.6 Å². The Morgan fingerprint density at radius 1 is 0.931 bits per heavy atom. The van der Waals surface area contributed by atoms with E-state index in [0.717, 1.165) is 16.7 Å². The second kappa shape index (κ2) is 7.51. The van der Waals surface area contributed by atoms with Crippen molar-refractivity contribution in [2.75, 3.05) is 10.6 Å². The molecular weight excluding hydrogens is 368 g/mol. The molecule has 1 aromatic carbocycles. The van der Waals surface area contributed by atoms with Crippen LogP contribution in [-0.4, -0.2) is 31.6 Å². The van der Waals surface area contributed by atoms with Crippen LogP contribution < -0.4 is 10.6 Å². The maximum atomic E-state index is 12.7. The molecule has 0 aliphatic rings. The summed E-state index contributed by atoms with van der Waals surface area (Å²) in [6.45, 7) is 1.88. The van der Waals surface area contributed by atoms with E-state index in [1.54, 1.807) is 53.3 Å². The second-order valence-corrected chi connectivity index (χ2v) is 6.53. The molecule has 2 amide bonds. The van der Waals surface area contributed by atoms with Gasteiger partial charge in [-0.15, -0.1) is 0 Å². The highest BCUT2D eigenvalue weighted by atomic mass is 16.2. The average Bonchev–Trinajstić information content (AvgIpc) is 3.02. The van der Waals surface area contributed by atoms with Crippen molar-refractivity contribution in [3.05, 3.63) is 77.9 Å². The number of rotatable bonds is 4. The number of fused-ring (bicyclic) bond motifs is 1. The summed E-state index contributed by atoms with van der Waals surface area (Å²) in [5, 5.41) is 10.8. The lowest BCUT2D eigenvalue weighted by Crippen LogP contribution is -2.14. The molecular formula is C21H18N6O2. The van der Waals surface area contributed by atoms with Gasteiger partial charge in [0.05, 0.1) is 16.8 Å². The lowest BCUT2D eigenvalue weighted by Gasteiger charge is -2.09. The third kappa shape index (κ3) is 3.81. The maximum Gasteiger partial charge on any atom is 0.257 e. The summed E-state index contributed by atoms with van der Waals surface area (Å²) in [5.41, 5.74) is 3.53. The van der Waals surface area contributed by atoms with Gasteiger partial charge in [-0.2, -0.15) is 5.10 Å². The maximum absolute atomic E-state index is 12.7. The fourth-order valence-electron chi connectivity index (χ4n) is 3.01. The minimum atomic E-state index is -0.293. The fourth-order valence-corrected chi connectivity index (χ4v) is 3.01. The van der Waals surface area contributed by atoms with Crippen molar-refractivity contribution >= 4 is 34.2 Å². The van der Waals surface area contributed by atoms with E-state index in [-0.39, 0.29) is 11.8 Å². The second-order valence-electron chi connectivity index (χ2n) is 6.53. The van der Waals surface area contributed by atoms with Gasteiger partial charge in [0.1, 0.15) is 0 Å². The standard InChI is InChI=1S/C21H18N6O2/c1-13-18-9-15(12-23-19(18)27(2)26-13)21(29)25-17-7-3-6-16(10-17)24-20(28)14-5-4-8-22-11-14/h3-12H,1-2H3,(H,24,28)(H,25,29). The van der Waals surface area contributed by atoms with Gasteiger partial charge in [0.15, 0.2) is 5.65 Å². The molecule has 0 radical (unpaired) electrons. The van der Waals surface area contributed by atoms with E-state index < -0.39 is 0 Å². The molecule has 3 aromatic heterocycles. The predicted octanol–water partition coefficient (Wildman–Crippen LogP) is 3.18. The highest BCUT2D eigenvalue weighted by Crippen LogP contribution is 2.19. The Hall–Kier alpha value is -4.07. The molecule has 0 fully saturated rings. The molecule has 4 aromatic rings. The largest absolute Gasteiger partial charge is 0.322 e. The Balaban J connectivity index is 1.51. The Kier molecular flexibility index (Phi) is 4.74. The van der Waals surface area contributed by atoms with Crippen molar-refractivity contribution in [3.63, 3.8) is 0 Å². The minimum Gasteiger partial charge on any atom is -0.322 e. The van der Waals surface area contributed by atoms with Gasteiger partial charge in [0.25, 0.3) is 11.8 Å². The number of aromatic nitrogens is 4. The number of carbonyl (C=O) groups is 2. The van der Waals surface area contributed by atoms with Crippen LogP contribution in [0, 0.1) is 6.92 Å². The normalized spacial score (nSPS) is 10.7. The monoisotopic (exact) mass is 386 g/mol. The quantitative estimate of drug-likeness (QED) is 0.561. The predicted molar refractivity (Wildman–Crippen MR) is 110 cm³/mol. The molecule has 0 aliphatic heterocycles. The first-order valence-electron chi connectivity index (χ1n) is 8.93. The smallest absolute Gasteiger partial charge is 0.257 e. The molecule has 3 heterocycles. The minimum absolute atomic E-state index is 0.275. The zero-order chi connectivity index (χ0) is 20.4. The summed E-state index contributed by atoms with van der Waals surface area (Å²) in [5.74, 6) is -0.568. The highest BCUT2D eigenvalue weighted by Gasteiger charge is 2.13. The Morgan fingerprint density at radius 3 is 2.34 bits per heavy atom. The molecule has 0 saturated carbocycles. The molecule has 0 spiro atoms. The van der Waals surface area contributed by atoms with E-state index in [4.69, 9.17) is 0 Å². The van der Waals surface area contributed by atoms with Crippen LogP contribution in [0.3, 0.4) is 0 Å². The van der Waals surface area contributed by atoms with Crippen LogP contribution in [0.15, 0.2) is 61.1 Å². The number of hydrogen-bond donors (Lipinski definition) is 2. The first-order chi connectivity index (χ1) is 14.0. The van der Waals surface area contributed by atoms with E-state index in [1.165, 1.54) is 12.4 Å². The average molecular weight is 386 g/mol. The van der Waals surface area contributed by atoms with E-state index >= 15 is 0 Å². The number of nitrogens with one attached hydrogen (secondary N) is 2. The number of benzene rings is 1. The van der Waals surface area contributed by atoms with Crippen molar-refractivity contribution in [2.24, 2.45) is 7.05 Å². The number of carbonyl (C=O) groups excluding carboxylic acids is 2. The molecule has 0 saturated heterocycles. The van der Waals surface area contributed by atoms with Gasteiger partial charge >= 0.3 is 0 Å². The van der Waals surface area contributed by atoms with E-state index in [1.807, 2.05) is 14.0 Å². The van der Waals surface area contributed by atoms with Crippen LogP contribution in [0.25, 0.3) is 11.0 Å². The van der Waals surface area contributed by atoms with Crippen molar-refractivity contribution in [3.8, 4) is 0 Å². The van der Waals surface area contributed by atoms with Crippen LogP contribution in [0.4, 0.5) is 11.4 Å². The molecule has 0 atom stereocenters. The molecule has 8 nitrogen and oxygen atoms in total. The van der Waals surface area contributed by atoms with Crippen LogP contribution in [0.2, 0.25) is 0 Å². The lowest BCUT2D eigenvalue weighted by atomic mass is 10.2. The lowest BCUT2D eigenvalue weighted by molar-refractivity contribution is 0.101. The van der Waals surface area contributed by atoms with Crippen molar-refractivity contribution in [2.45, 2.75) is 6.92 Å². The Morgan fingerprint density at radius 2 is 1.66 bits per heavy atom. The number of anilines is 2. The van der Waals surface area contributed by atoms with Crippen LogP contribution >= 0.6 is 0 Å². The summed E-state index contributed by atoms with van der Waals surface area (Å²) in [6.07, 6.45) is 4.61. The first kappa shape index (κ1) is 18.3. The molecule has 4 rings (SSSR count). The molecule has 8 heteroatoms. The van der Waals surface area contributed by atoms with Crippen LogP contribution in [-0.2, 0) is 7.05 Å². The molecule has 29 heavy (non-hydrogen) atoms. The van der Waals surface area contributed by atoms with Gasteiger partial charge in [0, 0.05) is 42.4 Å². The summed E-state index contributed by atoms with van der Waals surface area (Å²) in [7, 11) is 1.81. The van der Waals surface area contributed by atoms with Gasteiger partial charge in [0.2, 0.25) is 0 Å². The van der Waals surface area contributed by atoms with Crippen LogP contribution in [0.5, 0.6) is 0 Å². The van der Waals surface area contributed by atoms with E-state index in [2.05, 4.69) is 25.7 Å². The number of nitrogens with zero attached hydrogens (tertiary/aromatic N) is 4. The van der Waals surface area contributed by atoms with E-state index in [9.17, 15) is 9.59 Å². The van der Waals surface area contributed by atoms with Crippen molar-refractivity contribution < 1.29 is 9.59 Å². The van der Waals surface area contributed by atoms with Crippen molar-refractivity contribution in [1.29, 1.82) is 0 Å². The summed E-state index contributed by atoms with van der Waals surface area (Å²) < 4.78 is 1.68. The topological polar surface area (TPSA) is 102 Å². The summed E-state index contributed by atoms with van der Waals surface area (Å²) in [4.78, 5) is 33.2. The van der Waals surface area contributed by atoms with Gasteiger partial charge in [-0.25, -0.2) is 4.98 Å². The Bertz CT molecular complexity index is 1220. The zero-order valence-corrected chi connectivity index (χ0v) is 15.9. The Labute approximate surface area is 166 Å². The third-order valence-corrected chi connectivity index (χ3v) is 4.43. The molecule has 144 valence electrons. The number of aryl methyl sites for hydroxylation is 2. The fraction of sp³-hybridized carbons (Fsp3) is 0.0952. The zero-order valence-electron chi connectivity index (χ0n) is 15.9. The third-order valence-electron chi connectivity index (χ3n) is 4.43. The molecule has 0 aliphatic carbocycles. The van der Waals surface area contributed by atoms with Gasteiger partial charge in [-0.3, -0.25) is 19.3 Å². The summed E-state index contributed by atoms with van der Waals surface area (Å²) in [6, 6.07) is 12.1. The van der Waals surface area contributed by atoms with Gasteiger partial charge in [-0.05, 0) is 43.3 Å². The number of pyridine rings is 2. The molecule has 0 unspecified atom stereocenters. The SMILES string of the molecule is Cc1nn(C)c2ncc(C(=O)Nc3cccc(NC(=O)c4cccnc4)c3)cc12. The summed E-state index contributed by atoms with van der Waals surface area (Å²) >= 11 is 0. The molecule has 0 bridgehead atoms. The van der Waals surface area contributed by atoms with Crippen molar-refractivity contribution in [1.82, 2.24) is 19.7 Å². The molecule has 2 N–H and O–H groups in total. The number of amides is 2. The highest BCUT2D eigenvalue weighted by molar-refractivity contribution is 6.07. The van der Waals surface area contributed by atoms with E-state index in [0.29, 0.717) is 22.5 Å². The van der Waals surface area contributed by atoms with Gasteiger partial charge in [-0.1, -0.05) is 6.07 Å². The first-order valence-corrected chi connectivity index (χ1v) is 8.93. The van der Waals surface area contributed by atoms with Crippen LogP contribution in [0.1, 0.15) is 26.4 Å².